The molecule has 0 spiro atoms. The second-order valence-corrected chi connectivity index (χ2v) is 5.67. The number of halogens is 1. The lowest BCUT2D eigenvalue weighted by Crippen LogP contribution is -2.52. The van der Waals surface area contributed by atoms with Gasteiger partial charge in [-0.25, -0.2) is 0 Å². The molecule has 1 aliphatic heterocycles. The van der Waals surface area contributed by atoms with Crippen LogP contribution in [0.3, 0.4) is 0 Å². The summed E-state index contributed by atoms with van der Waals surface area (Å²) < 4.78 is 0. The molecule has 4 heteroatoms. The monoisotopic (exact) mass is 268 g/mol. The summed E-state index contributed by atoms with van der Waals surface area (Å²) in [6.45, 7) is 4.88. The molecule has 1 heterocycles. The number of aliphatic hydroxyl groups is 1. The van der Waals surface area contributed by atoms with Crippen LogP contribution in [0, 0.1) is 6.92 Å². The molecule has 2 atom stereocenters. The van der Waals surface area contributed by atoms with Crippen LogP contribution in [-0.2, 0) is 0 Å². The molecule has 1 saturated heterocycles. The summed E-state index contributed by atoms with van der Waals surface area (Å²) in [5.74, 6) is 0. The molecule has 1 aliphatic rings. The van der Waals surface area contributed by atoms with E-state index in [2.05, 4.69) is 23.9 Å². The molecular formula is C14H21ClN2O. The summed E-state index contributed by atoms with van der Waals surface area (Å²) in [5, 5.41) is 11.2. The Kier molecular flexibility index (Phi) is 4.28. The third-order valence-electron chi connectivity index (χ3n) is 3.80. The van der Waals surface area contributed by atoms with Crippen LogP contribution in [-0.4, -0.2) is 54.7 Å². The number of nitrogens with zero attached hydrogens (tertiary/aromatic N) is 2. The second kappa shape index (κ2) is 5.57. The number of likely N-dealkylation sites (N-methyl/N-ethyl adjacent to an activating group) is 2. The molecule has 2 rings (SSSR count). The number of rotatable bonds is 2. The van der Waals surface area contributed by atoms with Crippen LogP contribution >= 0.6 is 11.6 Å². The van der Waals surface area contributed by atoms with E-state index in [0.717, 1.165) is 35.8 Å². The van der Waals surface area contributed by atoms with E-state index in [9.17, 15) is 5.11 Å². The lowest BCUT2D eigenvalue weighted by molar-refractivity contribution is 0.0138. The predicted octanol–water partition coefficient (Wildman–Crippen LogP) is 1.93. The van der Waals surface area contributed by atoms with E-state index in [1.54, 1.807) is 0 Å². The summed E-state index contributed by atoms with van der Waals surface area (Å²) in [6, 6.07) is 5.94. The van der Waals surface area contributed by atoms with Crippen LogP contribution in [0.5, 0.6) is 0 Å². The Morgan fingerprint density at radius 2 is 2.06 bits per heavy atom. The van der Waals surface area contributed by atoms with Crippen molar-refractivity contribution in [1.29, 1.82) is 0 Å². The van der Waals surface area contributed by atoms with Gasteiger partial charge in [-0.1, -0.05) is 23.7 Å². The lowest BCUT2D eigenvalue weighted by atomic mass is 9.98. The van der Waals surface area contributed by atoms with Gasteiger partial charge in [0.2, 0.25) is 0 Å². The summed E-state index contributed by atoms with van der Waals surface area (Å²) in [4.78, 5) is 4.47. The third kappa shape index (κ3) is 2.86. The molecule has 18 heavy (non-hydrogen) atoms. The number of benzene rings is 1. The second-order valence-electron chi connectivity index (χ2n) is 5.26. The van der Waals surface area contributed by atoms with E-state index in [0.29, 0.717) is 0 Å². The Hall–Kier alpha value is -0.610. The summed E-state index contributed by atoms with van der Waals surface area (Å²) >= 11 is 6.13. The number of hydrogen-bond donors (Lipinski definition) is 1. The first-order valence-corrected chi connectivity index (χ1v) is 6.69. The molecule has 0 bridgehead atoms. The minimum atomic E-state index is -0.490. The largest absolute Gasteiger partial charge is 0.387 e. The molecule has 0 saturated carbocycles. The van der Waals surface area contributed by atoms with E-state index < -0.39 is 6.10 Å². The zero-order valence-electron chi connectivity index (χ0n) is 11.2. The molecule has 0 amide bonds. The standard InChI is InChI=1S/C14H21ClN2O/c1-10-4-5-11(8-12(10)15)14(18)13-9-16(2)6-7-17(13)3/h4-5,8,13-14,18H,6-7,9H2,1-3H3. The zero-order chi connectivity index (χ0) is 13.3. The van der Waals surface area contributed by atoms with E-state index >= 15 is 0 Å². The number of piperazine rings is 1. The quantitative estimate of drug-likeness (QED) is 0.888. The van der Waals surface area contributed by atoms with E-state index in [-0.39, 0.29) is 6.04 Å². The van der Waals surface area contributed by atoms with Crippen molar-refractivity contribution < 1.29 is 5.11 Å². The highest BCUT2D eigenvalue weighted by Gasteiger charge is 2.29. The van der Waals surface area contributed by atoms with Gasteiger partial charge in [-0.3, -0.25) is 4.90 Å². The lowest BCUT2D eigenvalue weighted by Gasteiger charge is -2.40. The van der Waals surface area contributed by atoms with Crippen molar-refractivity contribution in [2.45, 2.75) is 19.1 Å². The topological polar surface area (TPSA) is 26.7 Å². The fourth-order valence-corrected chi connectivity index (χ4v) is 2.59. The van der Waals surface area contributed by atoms with Gasteiger partial charge in [-0.2, -0.15) is 0 Å². The molecule has 0 aromatic heterocycles. The Balaban J connectivity index is 2.18. The normalized spacial score (nSPS) is 24.2. The summed E-state index contributed by atoms with van der Waals surface area (Å²) in [6.07, 6.45) is -0.490. The first kappa shape index (κ1) is 13.8. The van der Waals surface area contributed by atoms with Crippen molar-refractivity contribution in [3.63, 3.8) is 0 Å². The summed E-state index contributed by atoms with van der Waals surface area (Å²) in [5.41, 5.74) is 1.94. The first-order valence-electron chi connectivity index (χ1n) is 6.32. The predicted molar refractivity (Wildman–Crippen MR) is 75.1 cm³/mol. The minimum Gasteiger partial charge on any atom is -0.387 e. The van der Waals surface area contributed by atoms with E-state index in [1.165, 1.54) is 0 Å². The average Bonchev–Trinajstić information content (AvgIpc) is 2.35. The zero-order valence-corrected chi connectivity index (χ0v) is 12.0. The Morgan fingerprint density at radius 1 is 1.33 bits per heavy atom. The third-order valence-corrected chi connectivity index (χ3v) is 4.21. The maximum Gasteiger partial charge on any atom is 0.0958 e. The highest BCUT2D eigenvalue weighted by atomic mass is 35.5. The molecule has 1 aromatic carbocycles. The maximum absolute atomic E-state index is 10.5. The van der Waals surface area contributed by atoms with Crippen LogP contribution < -0.4 is 0 Å². The van der Waals surface area contributed by atoms with Crippen molar-refractivity contribution in [1.82, 2.24) is 9.80 Å². The average molecular weight is 269 g/mol. The van der Waals surface area contributed by atoms with Gasteiger partial charge in [0.05, 0.1) is 12.1 Å². The van der Waals surface area contributed by atoms with E-state index in [1.807, 2.05) is 25.1 Å². The Bertz CT molecular complexity index is 424. The Labute approximate surface area is 114 Å². The van der Waals surface area contributed by atoms with Crippen LogP contribution in [0.25, 0.3) is 0 Å². The fraction of sp³-hybridized carbons (Fsp3) is 0.571. The molecule has 1 fully saturated rings. The first-order chi connectivity index (χ1) is 8.49. The van der Waals surface area contributed by atoms with Gasteiger partial charge in [0.25, 0.3) is 0 Å². The van der Waals surface area contributed by atoms with Crippen LogP contribution in [0.2, 0.25) is 5.02 Å². The van der Waals surface area contributed by atoms with Gasteiger partial charge in [0.15, 0.2) is 0 Å². The number of hydrogen-bond acceptors (Lipinski definition) is 3. The maximum atomic E-state index is 10.5. The highest BCUT2D eigenvalue weighted by molar-refractivity contribution is 6.31. The molecule has 1 aromatic rings. The molecule has 100 valence electrons. The van der Waals surface area contributed by atoms with Gasteiger partial charge < -0.3 is 10.0 Å². The van der Waals surface area contributed by atoms with Crippen molar-refractivity contribution >= 4 is 11.6 Å². The number of aryl methyl sites for hydroxylation is 1. The van der Waals surface area contributed by atoms with Gasteiger partial charge in [0.1, 0.15) is 0 Å². The summed E-state index contributed by atoms with van der Waals surface area (Å²) in [7, 11) is 4.16. The van der Waals surface area contributed by atoms with Gasteiger partial charge in [0, 0.05) is 24.7 Å². The molecule has 0 aliphatic carbocycles. The van der Waals surface area contributed by atoms with Gasteiger partial charge in [-0.15, -0.1) is 0 Å². The van der Waals surface area contributed by atoms with Crippen molar-refractivity contribution in [3.8, 4) is 0 Å². The molecule has 3 nitrogen and oxygen atoms in total. The molecule has 1 N–H and O–H groups in total. The van der Waals surface area contributed by atoms with Crippen LogP contribution in [0.15, 0.2) is 18.2 Å². The highest BCUT2D eigenvalue weighted by Crippen LogP contribution is 2.26. The van der Waals surface area contributed by atoms with Crippen molar-refractivity contribution in [2.75, 3.05) is 33.7 Å². The van der Waals surface area contributed by atoms with Gasteiger partial charge >= 0.3 is 0 Å². The van der Waals surface area contributed by atoms with Crippen molar-refractivity contribution in [3.05, 3.63) is 34.3 Å². The molecule has 2 unspecified atom stereocenters. The van der Waals surface area contributed by atoms with Crippen LogP contribution in [0.4, 0.5) is 0 Å². The van der Waals surface area contributed by atoms with Crippen LogP contribution in [0.1, 0.15) is 17.2 Å². The minimum absolute atomic E-state index is 0.127. The Morgan fingerprint density at radius 3 is 2.72 bits per heavy atom. The van der Waals surface area contributed by atoms with Crippen molar-refractivity contribution in [2.24, 2.45) is 0 Å². The van der Waals surface area contributed by atoms with Gasteiger partial charge in [-0.05, 0) is 38.2 Å². The molecular weight excluding hydrogens is 248 g/mol. The van der Waals surface area contributed by atoms with E-state index in [4.69, 9.17) is 11.6 Å². The smallest absolute Gasteiger partial charge is 0.0958 e. The fourth-order valence-electron chi connectivity index (χ4n) is 2.40. The SMILES string of the molecule is Cc1ccc(C(O)C2CN(C)CCN2C)cc1Cl. The number of aliphatic hydroxyl groups excluding tert-OH is 1. The molecule has 0 radical (unpaired) electrons.